The first-order valence-electron chi connectivity index (χ1n) is 9.14. The first kappa shape index (κ1) is 19.3. The molecule has 0 fully saturated rings. The van der Waals surface area contributed by atoms with Crippen molar-refractivity contribution in [1.29, 1.82) is 0 Å². The third kappa shape index (κ3) is 3.79. The normalized spacial score (nSPS) is 17.2. The lowest BCUT2D eigenvalue weighted by atomic mass is 9.96. The smallest absolute Gasteiger partial charge is 0.290 e. The highest BCUT2D eigenvalue weighted by Crippen LogP contribution is 2.38. The maximum absolute atomic E-state index is 13.0. The molecule has 1 aliphatic rings. The zero-order valence-corrected chi connectivity index (χ0v) is 16.3. The molecule has 27 heavy (non-hydrogen) atoms. The van der Waals surface area contributed by atoms with E-state index in [9.17, 15) is 14.7 Å². The van der Waals surface area contributed by atoms with Crippen LogP contribution < -0.4 is 4.90 Å². The van der Waals surface area contributed by atoms with Crippen LogP contribution in [0.1, 0.15) is 35.1 Å². The highest BCUT2D eigenvalue weighted by atomic mass is 32.1. The van der Waals surface area contributed by atoms with Gasteiger partial charge in [0.15, 0.2) is 5.76 Å². The predicted molar refractivity (Wildman–Crippen MR) is 104 cm³/mol. The zero-order valence-electron chi connectivity index (χ0n) is 15.5. The van der Waals surface area contributed by atoms with E-state index < -0.39 is 17.7 Å². The lowest BCUT2D eigenvalue weighted by Crippen LogP contribution is -3.12. The van der Waals surface area contributed by atoms with Gasteiger partial charge < -0.3 is 14.9 Å². The van der Waals surface area contributed by atoms with Crippen molar-refractivity contribution in [2.75, 3.05) is 26.2 Å². The quantitative estimate of drug-likeness (QED) is 0.677. The summed E-state index contributed by atoms with van der Waals surface area (Å²) in [5.41, 5.74) is 0.870. The molecule has 0 aliphatic carbocycles. The predicted octanol–water partition coefficient (Wildman–Crippen LogP) is 1.65. The molecule has 2 aromatic rings. The van der Waals surface area contributed by atoms with E-state index in [2.05, 4.69) is 18.8 Å². The Morgan fingerprint density at radius 3 is 2.67 bits per heavy atom. The molecule has 2 N–H and O–H groups in total. The number of thiophene rings is 1. The van der Waals surface area contributed by atoms with Crippen LogP contribution >= 0.6 is 11.3 Å². The number of pyridine rings is 1. The molecular weight excluding hydrogens is 362 g/mol. The number of hydrogen-bond acceptors (Lipinski definition) is 5. The van der Waals surface area contributed by atoms with Crippen LogP contribution in [-0.4, -0.2) is 52.9 Å². The Balaban J connectivity index is 1.98. The fourth-order valence-corrected chi connectivity index (χ4v) is 4.10. The highest BCUT2D eigenvalue weighted by molar-refractivity contribution is 7.12. The monoisotopic (exact) mass is 386 g/mol. The third-order valence-electron chi connectivity index (χ3n) is 5.00. The number of rotatable bonds is 8. The Bertz CT molecular complexity index is 829. The van der Waals surface area contributed by atoms with Crippen LogP contribution in [0.4, 0.5) is 0 Å². The Morgan fingerprint density at radius 1 is 1.30 bits per heavy atom. The summed E-state index contributed by atoms with van der Waals surface area (Å²) in [5.74, 6) is -1.24. The van der Waals surface area contributed by atoms with Crippen molar-refractivity contribution in [3.8, 4) is 0 Å². The summed E-state index contributed by atoms with van der Waals surface area (Å²) in [7, 11) is 0. The van der Waals surface area contributed by atoms with Gasteiger partial charge in [-0.25, -0.2) is 0 Å². The van der Waals surface area contributed by atoms with Gasteiger partial charge in [-0.1, -0.05) is 12.1 Å². The standard InChI is InChI=1S/C20H23N3O3S/c1-3-22(4-2)10-11-23-17(14-7-5-9-21-13-14)16(19(25)20(23)26)18(24)15-8-6-12-27-15/h5-9,12-13,17,25H,3-4,10-11H2,1-2H3/p+1/t17-/m1/s1. The van der Waals surface area contributed by atoms with Crippen LogP contribution in [0.2, 0.25) is 0 Å². The van der Waals surface area contributed by atoms with Gasteiger partial charge in [0.1, 0.15) is 0 Å². The van der Waals surface area contributed by atoms with E-state index in [4.69, 9.17) is 0 Å². The third-order valence-corrected chi connectivity index (χ3v) is 5.87. The minimum atomic E-state index is -0.615. The van der Waals surface area contributed by atoms with Crippen LogP contribution in [-0.2, 0) is 4.79 Å². The molecule has 3 heterocycles. The van der Waals surface area contributed by atoms with Gasteiger partial charge >= 0.3 is 0 Å². The Labute approximate surface area is 162 Å². The topological polar surface area (TPSA) is 74.9 Å². The number of Topliss-reactive ketones (excluding diaryl/α,β-unsaturated/α-hetero) is 1. The average Bonchev–Trinajstić information content (AvgIpc) is 3.31. The fourth-order valence-electron chi connectivity index (χ4n) is 3.42. The molecule has 3 rings (SSSR count). The Hall–Kier alpha value is -2.51. The summed E-state index contributed by atoms with van der Waals surface area (Å²) < 4.78 is 0. The van der Waals surface area contributed by atoms with E-state index in [0.29, 0.717) is 11.4 Å². The van der Waals surface area contributed by atoms with Gasteiger partial charge in [0.05, 0.1) is 42.7 Å². The molecule has 2 aromatic heterocycles. The van der Waals surface area contributed by atoms with Crippen molar-refractivity contribution >= 4 is 23.0 Å². The highest BCUT2D eigenvalue weighted by Gasteiger charge is 2.44. The molecule has 1 aliphatic heterocycles. The Morgan fingerprint density at radius 2 is 2.07 bits per heavy atom. The number of likely N-dealkylation sites (N-methyl/N-ethyl adjacent to an activating group) is 1. The van der Waals surface area contributed by atoms with Crippen LogP contribution in [0.3, 0.4) is 0 Å². The average molecular weight is 386 g/mol. The van der Waals surface area contributed by atoms with E-state index in [1.165, 1.54) is 16.2 Å². The number of carbonyl (C=O) groups is 2. The second kappa shape index (κ2) is 8.45. The second-order valence-corrected chi connectivity index (χ2v) is 7.41. The molecule has 142 valence electrons. The number of aliphatic hydroxyl groups is 1. The zero-order chi connectivity index (χ0) is 19.4. The van der Waals surface area contributed by atoms with Crippen molar-refractivity contribution < 1.29 is 19.6 Å². The van der Waals surface area contributed by atoms with Gasteiger partial charge in [-0.15, -0.1) is 11.3 Å². The number of carbonyl (C=O) groups excluding carboxylic acids is 2. The van der Waals surface area contributed by atoms with Crippen LogP contribution in [0.15, 0.2) is 53.4 Å². The molecular formula is C20H24N3O3S+. The number of aliphatic hydroxyl groups excluding tert-OH is 1. The molecule has 0 unspecified atom stereocenters. The minimum absolute atomic E-state index is 0.144. The molecule has 0 saturated heterocycles. The van der Waals surface area contributed by atoms with Crippen molar-refractivity contribution in [2.45, 2.75) is 19.9 Å². The molecule has 6 nitrogen and oxygen atoms in total. The van der Waals surface area contributed by atoms with Gasteiger partial charge in [0.25, 0.3) is 5.91 Å². The maximum atomic E-state index is 13.0. The van der Waals surface area contributed by atoms with Crippen molar-refractivity contribution in [1.82, 2.24) is 9.88 Å². The molecule has 1 atom stereocenters. The lowest BCUT2D eigenvalue weighted by molar-refractivity contribution is -0.895. The van der Waals surface area contributed by atoms with Gasteiger partial charge in [0, 0.05) is 12.4 Å². The molecule has 0 saturated carbocycles. The number of nitrogens with one attached hydrogen (secondary N) is 1. The number of aromatic nitrogens is 1. The van der Waals surface area contributed by atoms with Gasteiger partial charge in [0.2, 0.25) is 5.78 Å². The number of quaternary nitrogens is 1. The van der Waals surface area contributed by atoms with E-state index in [0.717, 1.165) is 25.2 Å². The van der Waals surface area contributed by atoms with Crippen LogP contribution in [0.25, 0.3) is 0 Å². The number of hydrogen-bond donors (Lipinski definition) is 2. The molecule has 1 amide bonds. The maximum Gasteiger partial charge on any atom is 0.290 e. The molecule has 0 bridgehead atoms. The van der Waals surface area contributed by atoms with Crippen LogP contribution in [0.5, 0.6) is 0 Å². The Kier molecular flexibility index (Phi) is 6.03. The van der Waals surface area contributed by atoms with Gasteiger partial charge in [-0.3, -0.25) is 14.6 Å². The van der Waals surface area contributed by atoms with Crippen molar-refractivity contribution in [2.24, 2.45) is 0 Å². The number of amides is 1. The summed E-state index contributed by atoms with van der Waals surface area (Å²) in [6.07, 6.45) is 3.30. The summed E-state index contributed by atoms with van der Waals surface area (Å²) in [6.45, 7) is 7.33. The summed E-state index contributed by atoms with van der Waals surface area (Å²) in [4.78, 5) is 33.4. The SMILES string of the molecule is CC[NH+](CC)CCN1C(=O)C(O)=C(C(=O)c2cccs2)[C@H]1c1cccnc1. The van der Waals surface area contributed by atoms with E-state index in [1.807, 2.05) is 11.4 Å². The first-order chi connectivity index (χ1) is 13.1. The van der Waals surface area contributed by atoms with Crippen molar-refractivity contribution in [3.05, 3.63) is 63.8 Å². The summed E-state index contributed by atoms with van der Waals surface area (Å²) >= 11 is 1.30. The van der Waals surface area contributed by atoms with E-state index in [-0.39, 0.29) is 11.4 Å². The largest absolute Gasteiger partial charge is 0.503 e. The lowest BCUT2D eigenvalue weighted by Gasteiger charge is -2.27. The van der Waals surface area contributed by atoms with Gasteiger partial charge in [-0.2, -0.15) is 0 Å². The molecule has 0 spiro atoms. The molecule has 7 heteroatoms. The van der Waals surface area contributed by atoms with Crippen LogP contribution in [0, 0.1) is 0 Å². The van der Waals surface area contributed by atoms with E-state index >= 15 is 0 Å². The number of ketones is 1. The minimum Gasteiger partial charge on any atom is -0.503 e. The van der Waals surface area contributed by atoms with E-state index in [1.54, 1.807) is 35.5 Å². The fraction of sp³-hybridized carbons (Fsp3) is 0.350. The molecule has 0 radical (unpaired) electrons. The summed E-state index contributed by atoms with van der Waals surface area (Å²) in [6, 6.07) is 6.49. The van der Waals surface area contributed by atoms with Crippen molar-refractivity contribution in [3.63, 3.8) is 0 Å². The molecule has 0 aromatic carbocycles. The second-order valence-electron chi connectivity index (χ2n) is 6.46. The van der Waals surface area contributed by atoms with Gasteiger partial charge in [-0.05, 0) is 36.9 Å². The number of nitrogens with zero attached hydrogens (tertiary/aromatic N) is 2. The summed E-state index contributed by atoms with van der Waals surface area (Å²) in [5, 5.41) is 12.4. The first-order valence-corrected chi connectivity index (χ1v) is 10.0.